The minimum atomic E-state index is -0.319. The molecule has 0 spiro atoms. The molecule has 3 heterocycles. The standard InChI is InChI=1S/C22H17Cl2N5O2/c23-14-3-1-13(2-4-14)12-29-7-8-31-20-16(9-15(24)10-19(20)29)22(30)27-18-5-6-25-21-17(18)11-26-28-21/h1-6,9-11H,7-8,12H2,(H2,25,26,27,28,30). The summed E-state index contributed by atoms with van der Waals surface area (Å²) in [4.78, 5) is 19.5. The average Bonchev–Trinajstić information content (AvgIpc) is 3.25. The quantitative estimate of drug-likeness (QED) is 0.458. The molecule has 1 amide bonds. The van der Waals surface area contributed by atoms with E-state index in [9.17, 15) is 4.79 Å². The van der Waals surface area contributed by atoms with Crippen molar-refractivity contribution < 1.29 is 9.53 Å². The van der Waals surface area contributed by atoms with Gasteiger partial charge in [-0.25, -0.2) is 4.98 Å². The number of aromatic nitrogens is 3. The van der Waals surface area contributed by atoms with Crippen molar-refractivity contribution in [2.75, 3.05) is 23.4 Å². The van der Waals surface area contributed by atoms with Crippen molar-refractivity contribution in [2.45, 2.75) is 6.54 Å². The largest absolute Gasteiger partial charge is 0.489 e. The van der Waals surface area contributed by atoms with Crippen LogP contribution in [-0.2, 0) is 6.54 Å². The van der Waals surface area contributed by atoms with Gasteiger partial charge in [-0.1, -0.05) is 35.3 Å². The van der Waals surface area contributed by atoms with Gasteiger partial charge in [0.25, 0.3) is 5.91 Å². The first kappa shape index (κ1) is 19.7. The molecule has 0 saturated heterocycles. The number of hydrogen-bond acceptors (Lipinski definition) is 5. The molecule has 1 aliphatic heterocycles. The summed E-state index contributed by atoms with van der Waals surface area (Å²) in [5.74, 6) is 0.195. The molecule has 2 aromatic carbocycles. The number of benzene rings is 2. The molecule has 0 saturated carbocycles. The highest BCUT2D eigenvalue weighted by Crippen LogP contribution is 2.39. The van der Waals surface area contributed by atoms with Crippen LogP contribution in [0.2, 0.25) is 10.0 Å². The third-order valence-corrected chi connectivity index (χ3v) is 5.59. The highest BCUT2D eigenvalue weighted by atomic mass is 35.5. The number of halogens is 2. The van der Waals surface area contributed by atoms with E-state index in [0.717, 1.165) is 16.6 Å². The molecule has 1 aliphatic rings. The number of rotatable bonds is 4. The summed E-state index contributed by atoms with van der Waals surface area (Å²) in [6, 6.07) is 12.9. The molecule has 4 aromatic rings. The molecule has 5 rings (SSSR count). The number of pyridine rings is 1. The Kier molecular flexibility index (Phi) is 5.13. The minimum absolute atomic E-state index is 0.319. The van der Waals surface area contributed by atoms with Gasteiger partial charge >= 0.3 is 0 Å². The van der Waals surface area contributed by atoms with E-state index in [1.165, 1.54) is 0 Å². The van der Waals surface area contributed by atoms with Crippen LogP contribution in [0.5, 0.6) is 5.75 Å². The van der Waals surface area contributed by atoms with Crippen LogP contribution in [-0.4, -0.2) is 34.2 Å². The van der Waals surface area contributed by atoms with Crippen molar-refractivity contribution in [2.24, 2.45) is 0 Å². The molecule has 0 radical (unpaired) electrons. The van der Waals surface area contributed by atoms with E-state index in [-0.39, 0.29) is 5.91 Å². The van der Waals surface area contributed by atoms with Crippen LogP contribution in [0.1, 0.15) is 15.9 Å². The predicted molar refractivity (Wildman–Crippen MR) is 121 cm³/mol. The van der Waals surface area contributed by atoms with E-state index in [4.69, 9.17) is 27.9 Å². The number of amides is 1. The highest BCUT2D eigenvalue weighted by Gasteiger charge is 2.26. The van der Waals surface area contributed by atoms with E-state index in [1.807, 2.05) is 30.3 Å². The zero-order valence-corrected chi connectivity index (χ0v) is 17.7. The van der Waals surface area contributed by atoms with Crippen molar-refractivity contribution >= 4 is 51.5 Å². The molecule has 0 aliphatic carbocycles. The lowest BCUT2D eigenvalue weighted by molar-refractivity contribution is 0.102. The number of carbonyl (C=O) groups excluding carboxylic acids is 1. The van der Waals surface area contributed by atoms with Crippen molar-refractivity contribution in [1.29, 1.82) is 0 Å². The zero-order valence-electron chi connectivity index (χ0n) is 16.2. The molecular weight excluding hydrogens is 437 g/mol. The fraction of sp³-hybridized carbons (Fsp3) is 0.136. The Labute approximate surface area is 187 Å². The fourth-order valence-corrected chi connectivity index (χ4v) is 3.98. The number of hydrogen-bond donors (Lipinski definition) is 2. The number of nitrogens with zero attached hydrogens (tertiary/aromatic N) is 3. The second kappa shape index (κ2) is 8.09. The van der Waals surface area contributed by atoms with Crippen LogP contribution >= 0.6 is 23.2 Å². The zero-order chi connectivity index (χ0) is 21.4. The SMILES string of the molecule is O=C(Nc1ccnc2[nH]ncc12)c1cc(Cl)cc2c1OCCN2Cc1ccc(Cl)cc1. The van der Waals surface area contributed by atoms with Crippen molar-refractivity contribution in [3.8, 4) is 5.75 Å². The molecule has 0 fully saturated rings. The van der Waals surface area contributed by atoms with Crippen molar-refractivity contribution in [3.63, 3.8) is 0 Å². The lowest BCUT2D eigenvalue weighted by atomic mass is 10.1. The lowest BCUT2D eigenvalue weighted by Gasteiger charge is -2.32. The first-order chi connectivity index (χ1) is 15.1. The van der Waals surface area contributed by atoms with Gasteiger partial charge in [0.2, 0.25) is 0 Å². The molecular formula is C22H17Cl2N5O2. The molecule has 2 aromatic heterocycles. The van der Waals surface area contributed by atoms with Crippen molar-refractivity contribution in [1.82, 2.24) is 15.2 Å². The topological polar surface area (TPSA) is 83.1 Å². The lowest BCUT2D eigenvalue weighted by Crippen LogP contribution is -2.33. The maximum Gasteiger partial charge on any atom is 0.259 e. The average molecular weight is 454 g/mol. The molecule has 156 valence electrons. The molecule has 0 bridgehead atoms. The summed E-state index contributed by atoms with van der Waals surface area (Å²) in [7, 11) is 0. The van der Waals surface area contributed by atoms with Crippen LogP contribution in [0.25, 0.3) is 11.0 Å². The first-order valence-corrected chi connectivity index (χ1v) is 10.4. The Morgan fingerprint density at radius 3 is 2.84 bits per heavy atom. The van der Waals surface area contributed by atoms with Gasteiger partial charge in [0.05, 0.1) is 35.1 Å². The minimum Gasteiger partial charge on any atom is -0.489 e. The second-order valence-electron chi connectivity index (χ2n) is 7.14. The van der Waals surface area contributed by atoms with E-state index in [2.05, 4.69) is 25.4 Å². The van der Waals surface area contributed by atoms with Gasteiger partial charge in [0.15, 0.2) is 11.4 Å². The van der Waals surface area contributed by atoms with Crippen LogP contribution < -0.4 is 15.0 Å². The number of nitrogens with one attached hydrogen (secondary N) is 2. The van der Waals surface area contributed by atoms with Gasteiger partial charge < -0.3 is 15.0 Å². The molecule has 9 heteroatoms. The fourth-order valence-electron chi connectivity index (χ4n) is 3.64. The van der Waals surface area contributed by atoms with Crippen LogP contribution in [0.3, 0.4) is 0 Å². The number of aromatic amines is 1. The molecule has 2 N–H and O–H groups in total. The summed E-state index contributed by atoms with van der Waals surface area (Å²) >= 11 is 12.4. The molecule has 0 unspecified atom stereocenters. The van der Waals surface area contributed by atoms with E-state index in [1.54, 1.807) is 24.5 Å². The normalized spacial score (nSPS) is 13.0. The third kappa shape index (κ3) is 3.89. The summed E-state index contributed by atoms with van der Waals surface area (Å²) in [5, 5.41) is 11.6. The predicted octanol–water partition coefficient (Wildman–Crippen LogP) is 4.92. The summed E-state index contributed by atoms with van der Waals surface area (Å²) in [6.45, 7) is 1.79. The van der Waals surface area contributed by atoms with Gasteiger partial charge in [-0.3, -0.25) is 9.89 Å². The number of fused-ring (bicyclic) bond motifs is 2. The molecule has 0 atom stereocenters. The van der Waals surface area contributed by atoms with Gasteiger partial charge in [0.1, 0.15) is 6.61 Å². The Morgan fingerprint density at radius 1 is 1.16 bits per heavy atom. The molecule has 7 nitrogen and oxygen atoms in total. The van der Waals surface area contributed by atoms with Crippen LogP contribution in [0.15, 0.2) is 54.9 Å². The van der Waals surface area contributed by atoms with Crippen molar-refractivity contribution in [3.05, 3.63) is 76.0 Å². The Hall–Kier alpha value is -3.29. The summed E-state index contributed by atoms with van der Waals surface area (Å²) in [5.41, 5.74) is 3.45. The maximum atomic E-state index is 13.2. The van der Waals surface area contributed by atoms with E-state index in [0.29, 0.717) is 52.4 Å². The van der Waals surface area contributed by atoms with E-state index < -0.39 is 0 Å². The van der Waals surface area contributed by atoms with Gasteiger partial charge in [0, 0.05) is 22.8 Å². The molecule has 31 heavy (non-hydrogen) atoms. The second-order valence-corrected chi connectivity index (χ2v) is 8.02. The van der Waals surface area contributed by atoms with Gasteiger partial charge in [-0.05, 0) is 35.9 Å². The summed E-state index contributed by atoms with van der Waals surface area (Å²) < 4.78 is 5.91. The Morgan fingerprint density at radius 2 is 2.00 bits per heavy atom. The summed E-state index contributed by atoms with van der Waals surface area (Å²) in [6.07, 6.45) is 3.23. The number of H-pyrrole nitrogens is 1. The third-order valence-electron chi connectivity index (χ3n) is 5.12. The maximum absolute atomic E-state index is 13.2. The number of anilines is 2. The van der Waals surface area contributed by atoms with E-state index >= 15 is 0 Å². The van der Waals surface area contributed by atoms with Gasteiger partial charge in [-0.15, -0.1) is 0 Å². The van der Waals surface area contributed by atoms with Crippen LogP contribution in [0.4, 0.5) is 11.4 Å². The highest BCUT2D eigenvalue weighted by molar-refractivity contribution is 6.31. The number of carbonyl (C=O) groups is 1. The Bertz CT molecular complexity index is 1270. The first-order valence-electron chi connectivity index (χ1n) is 9.63. The van der Waals surface area contributed by atoms with Gasteiger partial charge in [-0.2, -0.15) is 5.10 Å². The smallest absolute Gasteiger partial charge is 0.259 e. The Balaban J connectivity index is 1.47. The number of ether oxygens (including phenoxy) is 1. The monoisotopic (exact) mass is 453 g/mol. The van der Waals surface area contributed by atoms with Crippen LogP contribution in [0, 0.1) is 0 Å².